The fourth-order valence-corrected chi connectivity index (χ4v) is 3.18. The van der Waals surface area contributed by atoms with Gasteiger partial charge in [0, 0.05) is 23.5 Å². The molecule has 0 amide bonds. The Morgan fingerprint density at radius 3 is 2.88 bits per heavy atom. The lowest BCUT2D eigenvalue weighted by molar-refractivity contribution is 0.475. The van der Waals surface area contributed by atoms with Crippen molar-refractivity contribution in [3.8, 4) is 5.75 Å². The van der Waals surface area contributed by atoms with Crippen LogP contribution in [0, 0.1) is 6.92 Å². The molecule has 0 radical (unpaired) electrons. The number of nitrogens with zero attached hydrogens (tertiary/aromatic N) is 5. The third-order valence-corrected chi connectivity index (χ3v) is 4.46. The van der Waals surface area contributed by atoms with E-state index in [1.807, 2.05) is 32.2 Å². The number of aryl methyl sites for hydroxylation is 1. The number of imidazole rings is 1. The second kappa shape index (κ2) is 6.60. The highest BCUT2D eigenvalue weighted by Gasteiger charge is 2.13. The third-order valence-electron chi connectivity index (χ3n) is 3.77. The minimum absolute atomic E-state index is 0.0354. The van der Waals surface area contributed by atoms with E-state index in [0.717, 1.165) is 22.0 Å². The first kappa shape index (κ1) is 16.3. The van der Waals surface area contributed by atoms with Gasteiger partial charge in [-0.1, -0.05) is 17.4 Å². The van der Waals surface area contributed by atoms with Crippen LogP contribution in [0.5, 0.6) is 5.75 Å². The number of phenolic OH excluding ortho intramolecular Hbond substituents is 1. The number of rotatable bonds is 5. The van der Waals surface area contributed by atoms with Crippen LogP contribution >= 0.6 is 11.3 Å². The van der Waals surface area contributed by atoms with Crippen molar-refractivity contribution in [2.24, 2.45) is 0 Å². The Bertz CT molecular complexity index is 1030. The van der Waals surface area contributed by atoms with E-state index in [4.69, 9.17) is 0 Å². The zero-order valence-corrected chi connectivity index (χ0v) is 15.0. The predicted octanol–water partition coefficient (Wildman–Crippen LogP) is 3.51. The summed E-state index contributed by atoms with van der Waals surface area (Å²) < 4.78 is 1.76. The average molecular weight is 367 g/mol. The summed E-state index contributed by atoms with van der Waals surface area (Å²) in [7, 11) is 0. The minimum atomic E-state index is -0.0354. The smallest absolute Gasteiger partial charge is 0.229 e. The molecule has 132 valence electrons. The fourth-order valence-electron chi connectivity index (χ4n) is 2.57. The standard InChI is InChI=1S/C17H17N7OS/c1-10-6-15(20-11(2)14-8-24-17(22-14)26-9-18-24)23-16(19-10)21-12-4-3-5-13(25)7-12/h3-9,11,25H,1-2H3,(H2,19,20,21,23). The third kappa shape index (κ3) is 3.42. The first-order valence-corrected chi connectivity index (χ1v) is 8.92. The van der Waals surface area contributed by atoms with E-state index in [9.17, 15) is 5.11 Å². The molecular formula is C17H17N7OS. The maximum atomic E-state index is 9.58. The molecular weight excluding hydrogens is 350 g/mol. The maximum Gasteiger partial charge on any atom is 0.229 e. The molecule has 4 aromatic rings. The molecule has 4 rings (SSSR count). The van der Waals surface area contributed by atoms with Gasteiger partial charge in [0.2, 0.25) is 10.9 Å². The zero-order chi connectivity index (χ0) is 18.1. The highest BCUT2D eigenvalue weighted by Crippen LogP contribution is 2.22. The molecule has 0 saturated heterocycles. The number of aromatic nitrogens is 5. The molecule has 0 aliphatic carbocycles. The van der Waals surface area contributed by atoms with Gasteiger partial charge in [0.05, 0.1) is 17.9 Å². The largest absolute Gasteiger partial charge is 0.508 e. The van der Waals surface area contributed by atoms with Crippen LogP contribution in [0.4, 0.5) is 17.5 Å². The zero-order valence-electron chi connectivity index (χ0n) is 14.2. The van der Waals surface area contributed by atoms with Crippen molar-refractivity contribution in [1.29, 1.82) is 0 Å². The second-order valence-electron chi connectivity index (χ2n) is 5.89. The highest BCUT2D eigenvalue weighted by atomic mass is 32.1. The molecule has 3 heterocycles. The summed E-state index contributed by atoms with van der Waals surface area (Å²) in [5, 5.41) is 20.2. The summed E-state index contributed by atoms with van der Waals surface area (Å²) in [6.07, 6.45) is 1.91. The van der Waals surface area contributed by atoms with Gasteiger partial charge in [-0.05, 0) is 26.0 Å². The summed E-state index contributed by atoms with van der Waals surface area (Å²) in [6.45, 7) is 3.92. The Labute approximate surface area is 153 Å². The van der Waals surface area contributed by atoms with Gasteiger partial charge in [0.1, 0.15) is 17.1 Å². The number of fused-ring (bicyclic) bond motifs is 1. The SMILES string of the molecule is Cc1cc(NC(C)c2cn3ncsc3n2)nc(Nc2cccc(O)c2)n1. The monoisotopic (exact) mass is 367 g/mol. The van der Waals surface area contributed by atoms with Crippen LogP contribution < -0.4 is 10.6 Å². The normalized spacial score (nSPS) is 12.2. The lowest BCUT2D eigenvalue weighted by Gasteiger charge is -2.14. The average Bonchev–Trinajstić information content (AvgIpc) is 3.15. The first-order chi connectivity index (χ1) is 12.6. The summed E-state index contributed by atoms with van der Waals surface area (Å²) in [5.74, 6) is 1.33. The molecule has 0 aliphatic rings. The van der Waals surface area contributed by atoms with Gasteiger partial charge < -0.3 is 15.7 Å². The van der Waals surface area contributed by atoms with Gasteiger partial charge in [-0.2, -0.15) is 10.1 Å². The van der Waals surface area contributed by atoms with Gasteiger partial charge in [-0.15, -0.1) is 0 Å². The molecule has 3 N–H and O–H groups in total. The minimum Gasteiger partial charge on any atom is -0.508 e. The van der Waals surface area contributed by atoms with Crippen molar-refractivity contribution in [3.63, 3.8) is 0 Å². The summed E-state index contributed by atoms with van der Waals surface area (Å²) in [4.78, 5) is 14.3. The van der Waals surface area contributed by atoms with Crippen LogP contribution in [0.2, 0.25) is 0 Å². The highest BCUT2D eigenvalue weighted by molar-refractivity contribution is 7.14. The molecule has 0 bridgehead atoms. The number of nitrogens with one attached hydrogen (secondary N) is 2. The van der Waals surface area contributed by atoms with E-state index < -0.39 is 0 Å². The second-order valence-corrected chi connectivity index (χ2v) is 6.70. The fraction of sp³-hybridized carbons (Fsp3) is 0.176. The Kier molecular flexibility index (Phi) is 4.13. The number of anilines is 3. The topological polar surface area (TPSA) is 100 Å². The van der Waals surface area contributed by atoms with Crippen LogP contribution in [0.25, 0.3) is 4.96 Å². The number of phenols is 1. The predicted molar refractivity (Wildman–Crippen MR) is 101 cm³/mol. The Morgan fingerprint density at radius 1 is 1.19 bits per heavy atom. The van der Waals surface area contributed by atoms with Crippen LogP contribution in [-0.2, 0) is 0 Å². The van der Waals surface area contributed by atoms with Crippen LogP contribution in [-0.4, -0.2) is 29.7 Å². The first-order valence-electron chi connectivity index (χ1n) is 8.04. The van der Waals surface area contributed by atoms with Gasteiger partial charge in [-0.25, -0.2) is 14.5 Å². The summed E-state index contributed by atoms with van der Waals surface area (Å²) in [5.41, 5.74) is 4.19. The molecule has 1 unspecified atom stereocenters. The molecule has 9 heteroatoms. The van der Waals surface area contributed by atoms with Crippen LogP contribution in [0.3, 0.4) is 0 Å². The number of aromatic hydroxyl groups is 1. The molecule has 0 spiro atoms. The van der Waals surface area contributed by atoms with Crippen molar-refractivity contribution in [1.82, 2.24) is 24.6 Å². The Hall–Kier alpha value is -3.20. The molecule has 8 nitrogen and oxygen atoms in total. The summed E-state index contributed by atoms with van der Waals surface area (Å²) in [6, 6.07) is 8.67. The molecule has 3 aromatic heterocycles. The van der Waals surface area contributed by atoms with Crippen molar-refractivity contribution >= 4 is 33.8 Å². The quantitative estimate of drug-likeness (QED) is 0.496. The van der Waals surface area contributed by atoms with E-state index in [2.05, 4.69) is 30.7 Å². The lowest BCUT2D eigenvalue weighted by atomic mass is 10.2. The lowest BCUT2D eigenvalue weighted by Crippen LogP contribution is -2.10. The molecule has 1 aromatic carbocycles. The van der Waals surface area contributed by atoms with E-state index in [0.29, 0.717) is 11.8 Å². The van der Waals surface area contributed by atoms with Crippen molar-refractivity contribution < 1.29 is 5.11 Å². The van der Waals surface area contributed by atoms with Crippen molar-refractivity contribution in [2.75, 3.05) is 10.6 Å². The van der Waals surface area contributed by atoms with E-state index in [1.54, 1.807) is 28.2 Å². The van der Waals surface area contributed by atoms with Gasteiger partial charge in [0.15, 0.2) is 0 Å². The Balaban J connectivity index is 1.54. The summed E-state index contributed by atoms with van der Waals surface area (Å²) >= 11 is 1.50. The van der Waals surface area contributed by atoms with Crippen molar-refractivity contribution in [2.45, 2.75) is 19.9 Å². The van der Waals surface area contributed by atoms with Gasteiger partial charge >= 0.3 is 0 Å². The van der Waals surface area contributed by atoms with E-state index in [1.165, 1.54) is 11.3 Å². The molecule has 0 saturated carbocycles. The van der Waals surface area contributed by atoms with Crippen LogP contribution in [0.1, 0.15) is 24.4 Å². The molecule has 1 atom stereocenters. The van der Waals surface area contributed by atoms with Gasteiger partial charge in [0.25, 0.3) is 0 Å². The molecule has 0 aliphatic heterocycles. The van der Waals surface area contributed by atoms with E-state index >= 15 is 0 Å². The number of hydrogen-bond donors (Lipinski definition) is 3. The number of benzene rings is 1. The van der Waals surface area contributed by atoms with E-state index in [-0.39, 0.29) is 11.8 Å². The van der Waals surface area contributed by atoms with Gasteiger partial charge in [-0.3, -0.25) is 0 Å². The van der Waals surface area contributed by atoms with Crippen LogP contribution in [0.15, 0.2) is 42.0 Å². The molecule has 0 fully saturated rings. The number of hydrogen-bond acceptors (Lipinski definition) is 8. The maximum absolute atomic E-state index is 9.58. The van der Waals surface area contributed by atoms with Crippen molar-refractivity contribution in [3.05, 3.63) is 53.4 Å². The molecule has 26 heavy (non-hydrogen) atoms. The Morgan fingerprint density at radius 2 is 2.08 bits per heavy atom.